The van der Waals surface area contributed by atoms with Crippen LogP contribution in [0.2, 0.25) is 0 Å². The van der Waals surface area contributed by atoms with E-state index in [9.17, 15) is 13.2 Å². The lowest BCUT2D eigenvalue weighted by molar-refractivity contribution is -0.137. The molecule has 1 fully saturated rings. The molecule has 0 aromatic carbocycles. The summed E-state index contributed by atoms with van der Waals surface area (Å²) in [5, 5.41) is 0. The molecule has 2 rings (SSSR count). The highest BCUT2D eigenvalue weighted by atomic mass is 19.4. The van der Waals surface area contributed by atoms with Crippen LogP contribution in [-0.2, 0) is 6.18 Å². The molecule has 6 N–H and O–H groups in total. The highest BCUT2D eigenvalue weighted by molar-refractivity contribution is 5.68. The molecule has 1 heterocycles. The van der Waals surface area contributed by atoms with Crippen LogP contribution in [0.1, 0.15) is 24.0 Å². The smallest absolute Gasteiger partial charge is 0.398 e. The molecule has 1 aromatic heterocycles. The standard InChI is InChI=1S/C13H15F3N4/c14-13(15,16)10-3-4-20-6-9(10)11(17)5-8(12(18)19)7-1-2-7/h3-7H,1-2,17-19H2/b11-5-. The molecule has 4 nitrogen and oxygen atoms in total. The van der Waals surface area contributed by atoms with Crippen LogP contribution in [-0.4, -0.2) is 4.98 Å². The summed E-state index contributed by atoms with van der Waals surface area (Å²) in [6.07, 6.45) is 0.917. The van der Waals surface area contributed by atoms with E-state index in [0.29, 0.717) is 5.57 Å². The fraction of sp³-hybridized carbons (Fsp3) is 0.308. The van der Waals surface area contributed by atoms with Crippen LogP contribution in [0, 0.1) is 5.92 Å². The number of hydrogen-bond donors (Lipinski definition) is 3. The van der Waals surface area contributed by atoms with Gasteiger partial charge in [-0.2, -0.15) is 13.2 Å². The summed E-state index contributed by atoms with van der Waals surface area (Å²) >= 11 is 0. The van der Waals surface area contributed by atoms with Crippen LogP contribution < -0.4 is 17.2 Å². The maximum absolute atomic E-state index is 12.9. The van der Waals surface area contributed by atoms with Gasteiger partial charge in [-0.15, -0.1) is 0 Å². The van der Waals surface area contributed by atoms with Crippen molar-refractivity contribution in [3.05, 3.63) is 47.1 Å². The lowest BCUT2D eigenvalue weighted by Gasteiger charge is -2.13. The number of hydrogen-bond acceptors (Lipinski definition) is 4. The molecule has 0 bridgehead atoms. The number of alkyl halides is 3. The number of halogens is 3. The van der Waals surface area contributed by atoms with Crippen LogP contribution in [0.15, 0.2) is 35.9 Å². The Bertz CT molecular complexity index is 567. The second kappa shape index (κ2) is 5.07. The first kappa shape index (κ1) is 14.2. The van der Waals surface area contributed by atoms with Crippen molar-refractivity contribution in [2.24, 2.45) is 23.1 Å². The van der Waals surface area contributed by atoms with Gasteiger partial charge >= 0.3 is 6.18 Å². The molecule has 1 saturated carbocycles. The van der Waals surface area contributed by atoms with E-state index < -0.39 is 11.7 Å². The molecule has 0 atom stereocenters. The van der Waals surface area contributed by atoms with Crippen LogP contribution in [0.5, 0.6) is 0 Å². The van der Waals surface area contributed by atoms with Crippen molar-refractivity contribution in [3.63, 3.8) is 0 Å². The lowest BCUT2D eigenvalue weighted by atomic mass is 10.0. The third-order valence-corrected chi connectivity index (χ3v) is 3.10. The van der Waals surface area contributed by atoms with Crippen molar-refractivity contribution >= 4 is 5.70 Å². The number of allylic oxidation sites excluding steroid dienone is 2. The summed E-state index contributed by atoms with van der Waals surface area (Å²) in [6, 6.07) is 0.891. The SMILES string of the molecule is NC(N)=C(/C=C(\N)c1cnccc1C(F)(F)F)C1CC1. The fourth-order valence-corrected chi connectivity index (χ4v) is 1.95. The third kappa shape index (κ3) is 3.04. The van der Waals surface area contributed by atoms with Gasteiger partial charge in [0.2, 0.25) is 0 Å². The Balaban J connectivity index is 2.44. The Morgan fingerprint density at radius 3 is 2.40 bits per heavy atom. The summed E-state index contributed by atoms with van der Waals surface area (Å²) in [5.41, 5.74) is 16.4. The number of pyridine rings is 1. The van der Waals surface area contributed by atoms with Gasteiger partial charge in [-0.1, -0.05) is 0 Å². The largest absolute Gasteiger partial charge is 0.417 e. The molecule has 0 spiro atoms. The highest BCUT2D eigenvalue weighted by Crippen LogP contribution is 2.39. The molecule has 0 saturated heterocycles. The average molecular weight is 284 g/mol. The Kier molecular flexibility index (Phi) is 3.61. The zero-order chi connectivity index (χ0) is 14.9. The molecule has 0 amide bonds. The van der Waals surface area contributed by atoms with Gasteiger partial charge in [0.05, 0.1) is 11.4 Å². The normalized spacial score (nSPS) is 16.1. The second-order valence-corrected chi connectivity index (χ2v) is 4.70. The number of nitrogens with two attached hydrogens (primary N) is 3. The summed E-state index contributed by atoms with van der Waals surface area (Å²) in [7, 11) is 0. The Hall–Kier alpha value is -2.18. The first-order valence-electron chi connectivity index (χ1n) is 6.04. The monoisotopic (exact) mass is 284 g/mol. The second-order valence-electron chi connectivity index (χ2n) is 4.70. The molecular weight excluding hydrogens is 269 g/mol. The molecule has 0 unspecified atom stereocenters. The first-order chi connectivity index (χ1) is 9.30. The van der Waals surface area contributed by atoms with Crippen molar-refractivity contribution in [3.8, 4) is 0 Å². The molecule has 108 valence electrons. The summed E-state index contributed by atoms with van der Waals surface area (Å²) in [6.45, 7) is 0. The molecule has 7 heteroatoms. The molecule has 1 aliphatic carbocycles. The molecule has 20 heavy (non-hydrogen) atoms. The Labute approximate surface area is 114 Å². The average Bonchev–Trinajstić information content (AvgIpc) is 3.18. The third-order valence-electron chi connectivity index (χ3n) is 3.10. The number of aromatic nitrogens is 1. The summed E-state index contributed by atoms with van der Waals surface area (Å²) < 4.78 is 38.7. The lowest BCUT2D eigenvalue weighted by Crippen LogP contribution is -2.15. The predicted molar refractivity (Wildman–Crippen MR) is 69.5 cm³/mol. The maximum atomic E-state index is 12.9. The van der Waals surface area contributed by atoms with E-state index in [1.165, 1.54) is 6.08 Å². The Morgan fingerprint density at radius 1 is 1.25 bits per heavy atom. The van der Waals surface area contributed by atoms with Gasteiger partial charge in [0, 0.05) is 23.7 Å². The number of nitrogens with zero attached hydrogens (tertiary/aromatic N) is 1. The van der Waals surface area contributed by atoms with Crippen molar-refractivity contribution in [1.82, 2.24) is 4.98 Å². The molecule has 0 radical (unpaired) electrons. The van der Waals surface area contributed by atoms with Crippen molar-refractivity contribution in [1.29, 1.82) is 0 Å². The van der Waals surface area contributed by atoms with E-state index in [-0.39, 0.29) is 23.0 Å². The minimum Gasteiger partial charge on any atom is -0.398 e. The van der Waals surface area contributed by atoms with E-state index in [2.05, 4.69) is 4.98 Å². The molecule has 1 aliphatic rings. The van der Waals surface area contributed by atoms with Crippen LogP contribution in [0.3, 0.4) is 0 Å². The quantitative estimate of drug-likeness (QED) is 0.740. The fourth-order valence-electron chi connectivity index (χ4n) is 1.95. The first-order valence-corrected chi connectivity index (χ1v) is 6.04. The molecule has 1 aromatic rings. The van der Waals surface area contributed by atoms with Gasteiger partial charge in [0.1, 0.15) is 0 Å². The minimum atomic E-state index is -4.49. The van der Waals surface area contributed by atoms with Gasteiger partial charge in [-0.3, -0.25) is 4.98 Å². The van der Waals surface area contributed by atoms with Crippen LogP contribution in [0.4, 0.5) is 13.2 Å². The van der Waals surface area contributed by atoms with Gasteiger partial charge in [0.25, 0.3) is 0 Å². The van der Waals surface area contributed by atoms with Crippen LogP contribution >= 0.6 is 0 Å². The molecule has 0 aliphatic heterocycles. The molecular formula is C13H15F3N4. The van der Waals surface area contributed by atoms with Gasteiger partial charge in [-0.25, -0.2) is 0 Å². The summed E-state index contributed by atoms with van der Waals surface area (Å²) in [4.78, 5) is 3.69. The highest BCUT2D eigenvalue weighted by Gasteiger charge is 2.34. The van der Waals surface area contributed by atoms with E-state index in [0.717, 1.165) is 31.3 Å². The van der Waals surface area contributed by atoms with Crippen molar-refractivity contribution in [2.75, 3.05) is 0 Å². The topological polar surface area (TPSA) is 91.0 Å². The Morgan fingerprint density at radius 2 is 1.90 bits per heavy atom. The predicted octanol–water partition coefficient (Wildman–Crippen LogP) is 1.94. The van der Waals surface area contributed by atoms with Crippen molar-refractivity contribution < 1.29 is 13.2 Å². The van der Waals surface area contributed by atoms with Crippen LogP contribution in [0.25, 0.3) is 5.70 Å². The minimum absolute atomic E-state index is 0.0410. The van der Waals surface area contributed by atoms with Gasteiger partial charge in [-0.05, 0) is 36.5 Å². The van der Waals surface area contributed by atoms with Gasteiger partial charge in [0.15, 0.2) is 0 Å². The van der Waals surface area contributed by atoms with Crippen molar-refractivity contribution in [2.45, 2.75) is 19.0 Å². The zero-order valence-electron chi connectivity index (χ0n) is 10.6. The van der Waals surface area contributed by atoms with Gasteiger partial charge < -0.3 is 17.2 Å². The maximum Gasteiger partial charge on any atom is 0.417 e. The van der Waals surface area contributed by atoms with E-state index in [1.807, 2.05) is 0 Å². The number of rotatable bonds is 3. The van der Waals surface area contributed by atoms with E-state index in [4.69, 9.17) is 17.2 Å². The van der Waals surface area contributed by atoms with E-state index >= 15 is 0 Å². The zero-order valence-corrected chi connectivity index (χ0v) is 10.6. The van der Waals surface area contributed by atoms with E-state index in [1.54, 1.807) is 0 Å². The summed E-state index contributed by atoms with van der Waals surface area (Å²) in [5.74, 6) is 0.275.